The Labute approximate surface area is 134 Å². The van der Waals surface area contributed by atoms with Gasteiger partial charge in [0, 0.05) is 6.07 Å². The lowest BCUT2D eigenvalue weighted by molar-refractivity contribution is -0.143. The largest absolute Gasteiger partial charge is 0.490 e. The summed E-state index contributed by atoms with van der Waals surface area (Å²) in [6.07, 6.45) is 0. The second-order valence-electron chi connectivity index (χ2n) is 5.12. The second kappa shape index (κ2) is 8.63. The fourth-order valence-corrected chi connectivity index (χ4v) is 1.84. The summed E-state index contributed by atoms with van der Waals surface area (Å²) in [6.45, 7) is 5.23. The summed E-state index contributed by atoms with van der Waals surface area (Å²) in [5, 5.41) is 20.3. The second-order valence-corrected chi connectivity index (χ2v) is 5.12. The van der Waals surface area contributed by atoms with Crippen molar-refractivity contribution in [2.75, 3.05) is 13.2 Å². The van der Waals surface area contributed by atoms with Crippen LogP contribution in [0.1, 0.15) is 26.3 Å². The molecule has 0 spiro atoms. The number of hydrogen-bond donors (Lipinski definition) is 2. The fraction of sp³-hybridized carbons (Fsp3) is 0.438. The Hall–Kier alpha value is -2.75. The van der Waals surface area contributed by atoms with Crippen LogP contribution >= 0.6 is 0 Å². The van der Waals surface area contributed by atoms with E-state index in [1.807, 2.05) is 6.07 Å². The molecule has 0 aliphatic heterocycles. The molecule has 0 radical (unpaired) electrons. The molecule has 1 rings (SSSR count). The van der Waals surface area contributed by atoms with Crippen molar-refractivity contribution in [3.63, 3.8) is 0 Å². The maximum Gasteiger partial charge on any atom is 0.326 e. The molecule has 0 aromatic heterocycles. The van der Waals surface area contributed by atoms with E-state index >= 15 is 0 Å². The highest BCUT2D eigenvalue weighted by molar-refractivity contribution is 5.84. The SMILES string of the molecule is CCOc1cc(C#N)ccc1OCC(=O)N[C@H](C(=O)O)C(C)C. The molecule has 0 unspecified atom stereocenters. The normalized spacial score (nSPS) is 11.4. The Morgan fingerprint density at radius 3 is 2.52 bits per heavy atom. The van der Waals surface area contributed by atoms with Crippen LogP contribution in [0.15, 0.2) is 18.2 Å². The molecule has 0 bridgehead atoms. The zero-order chi connectivity index (χ0) is 17.4. The van der Waals surface area contributed by atoms with Gasteiger partial charge in [0.2, 0.25) is 0 Å². The number of aliphatic carboxylic acids is 1. The highest BCUT2D eigenvalue weighted by Crippen LogP contribution is 2.28. The van der Waals surface area contributed by atoms with Gasteiger partial charge in [-0.2, -0.15) is 5.26 Å². The number of nitriles is 1. The van der Waals surface area contributed by atoms with Gasteiger partial charge in [-0.05, 0) is 25.0 Å². The lowest BCUT2D eigenvalue weighted by Crippen LogP contribution is -2.46. The van der Waals surface area contributed by atoms with E-state index in [0.717, 1.165) is 0 Å². The quantitative estimate of drug-likeness (QED) is 0.752. The Kier molecular flexibility index (Phi) is 6.87. The van der Waals surface area contributed by atoms with E-state index in [1.165, 1.54) is 12.1 Å². The van der Waals surface area contributed by atoms with Gasteiger partial charge in [-0.15, -0.1) is 0 Å². The summed E-state index contributed by atoms with van der Waals surface area (Å²) in [6, 6.07) is 5.62. The zero-order valence-electron chi connectivity index (χ0n) is 13.3. The summed E-state index contributed by atoms with van der Waals surface area (Å²) in [5.41, 5.74) is 0.413. The molecule has 7 nitrogen and oxygen atoms in total. The van der Waals surface area contributed by atoms with Gasteiger partial charge in [-0.3, -0.25) is 4.79 Å². The third-order valence-corrected chi connectivity index (χ3v) is 2.98. The van der Waals surface area contributed by atoms with Crippen LogP contribution in [0.25, 0.3) is 0 Å². The average Bonchev–Trinajstić information content (AvgIpc) is 2.50. The fourth-order valence-electron chi connectivity index (χ4n) is 1.84. The van der Waals surface area contributed by atoms with Gasteiger partial charge in [-0.1, -0.05) is 13.8 Å². The number of rotatable bonds is 8. The number of carboxylic acid groups (broad SMARTS) is 1. The maximum absolute atomic E-state index is 11.8. The molecule has 23 heavy (non-hydrogen) atoms. The summed E-state index contributed by atoms with van der Waals surface area (Å²) in [5.74, 6) is -1.21. The minimum absolute atomic E-state index is 0.245. The van der Waals surface area contributed by atoms with Crippen molar-refractivity contribution in [3.8, 4) is 17.6 Å². The van der Waals surface area contributed by atoms with Crippen molar-refractivity contribution in [2.45, 2.75) is 26.8 Å². The third kappa shape index (κ3) is 5.51. The molecular weight excluding hydrogens is 300 g/mol. The van der Waals surface area contributed by atoms with Gasteiger partial charge in [0.15, 0.2) is 18.1 Å². The van der Waals surface area contributed by atoms with Crippen molar-refractivity contribution < 1.29 is 24.2 Å². The van der Waals surface area contributed by atoms with Crippen LogP contribution in [-0.4, -0.2) is 36.2 Å². The molecule has 0 saturated heterocycles. The molecule has 0 heterocycles. The van der Waals surface area contributed by atoms with E-state index in [2.05, 4.69) is 5.32 Å². The molecule has 7 heteroatoms. The van der Waals surface area contributed by atoms with E-state index in [9.17, 15) is 9.59 Å². The minimum atomic E-state index is -1.10. The molecule has 0 aliphatic carbocycles. The van der Waals surface area contributed by atoms with Crippen LogP contribution in [0.5, 0.6) is 11.5 Å². The summed E-state index contributed by atoms with van der Waals surface area (Å²) in [4.78, 5) is 22.9. The number of carboxylic acids is 1. The number of nitrogens with one attached hydrogen (secondary N) is 1. The summed E-state index contributed by atoms with van der Waals surface area (Å²) >= 11 is 0. The van der Waals surface area contributed by atoms with Gasteiger partial charge in [0.25, 0.3) is 5.91 Å². The molecule has 0 aliphatic rings. The van der Waals surface area contributed by atoms with Crippen molar-refractivity contribution in [1.29, 1.82) is 5.26 Å². The Balaban J connectivity index is 2.72. The molecule has 0 fully saturated rings. The van der Waals surface area contributed by atoms with Crippen molar-refractivity contribution in [1.82, 2.24) is 5.32 Å². The molecule has 1 aromatic carbocycles. The first-order valence-corrected chi connectivity index (χ1v) is 7.21. The number of carbonyl (C=O) groups is 2. The predicted molar refractivity (Wildman–Crippen MR) is 82.2 cm³/mol. The Bertz CT molecular complexity index is 607. The van der Waals surface area contributed by atoms with Crippen LogP contribution in [0.2, 0.25) is 0 Å². The van der Waals surface area contributed by atoms with Crippen LogP contribution in [0.3, 0.4) is 0 Å². The van der Waals surface area contributed by atoms with Crippen molar-refractivity contribution in [2.24, 2.45) is 5.92 Å². The highest BCUT2D eigenvalue weighted by Gasteiger charge is 2.23. The van der Waals surface area contributed by atoms with Crippen molar-refractivity contribution in [3.05, 3.63) is 23.8 Å². The average molecular weight is 320 g/mol. The first-order valence-electron chi connectivity index (χ1n) is 7.21. The topological polar surface area (TPSA) is 109 Å². The van der Waals surface area contributed by atoms with Crippen LogP contribution in [-0.2, 0) is 9.59 Å². The van der Waals surface area contributed by atoms with Gasteiger partial charge in [0.1, 0.15) is 6.04 Å². The van der Waals surface area contributed by atoms with E-state index in [4.69, 9.17) is 19.8 Å². The minimum Gasteiger partial charge on any atom is -0.490 e. The molecule has 1 aromatic rings. The lowest BCUT2D eigenvalue weighted by atomic mass is 10.1. The Morgan fingerprint density at radius 1 is 1.30 bits per heavy atom. The lowest BCUT2D eigenvalue weighted by Gasteiger charge is -2.18. The number of benzene rings is 1. The molecule has 1 atom stereocenters. The maximum atomic E-state index is 11.8. The first kappa shape index (κ1) is 18.3. The third-order valence-electron chi connectivity index (χ3n) is 2.98. The number of hydrogen-bond acceptors (Lipinski definition) is 5. The molecule has 0 saturated carbocycles. The predicted octanol–water partition coefficient (Wildman–Crippen LogP) is 1.56. The van der Waals surface area contributed by atoms with Crippen LogP contribution < -0.4 is 14.8 Å². The zero-order valence-corrected chi connectivity index (χ0v) is 13.3. The van der Waals surface area contributed by atoms with E-state index in [-0.39, 0.29) is 12.5 Å². The highest BCUT2D eigenvalue weighted by atomic mass is 16.5. The monoisotopic (exact) mass is 320 g/mol. The molecule has 1 amide bonds. The van der Waals surface area contributed by atoms with E-state index in [0.29, 0.717) is 23.7 Å². The van der Waals surface area contributed by atoms with E-state index < -0.39 is 17.9 Å². The summed E-state index contributed by atoms with van der Waals surface area (Å²) < 4.78 is 10.7. The van der Waals surface area contributed by atoms with Gasteiger partial charge < -0.3 is 19.9 Å². The number of ether oxygens (including phenoxy) is 2. The standard InChI is InChI=1S/C16H20N2O5/c1-4-22-13-7-11(8-17)5-6-12(13)23-9-14(19)18-15(10(2)3)16(20)21/h5-7,10,15H,4,9H2,1-3H3,(H,18,19)(H,20,21)/t15-/m0/s1. The van der Waals surface area contributed by atoms with Crippen molar-refractivity contribution >= 4 is 11.9 Å². The van der Waals surface area contributed by atoms with E-state index in [1.54, 1.807) is 26.8 Å². The van der Waals surface area contributed by atoms with Gasteiger partial charge >= 0.3 is 5.97 Å². The Morgan fingerprint density at radius 2 is 2.00 bits per heavy atom. The number of nitrogens with zero attached hydrogens (tertiary/aromatic N) is 1. The first-order chi connectivity index (χ1) is 10.9. The molecular formula is C16H20N2O5. The van der Waals surface area contributed by atoms with Crippen LogP contribution in [0.4, 0.5) is 0 Å². The summed E-state index contributed by atoms with van der Waals surface area (Å²) in [7, 11) is 0. The number of carbonyl (C=O) groups excluding carboxylic acids is 1. The van der Waals surface area contributed by atoms with Gasteiger partial charge in [0.05, 0.1) is 18.2 Å². The van der Waals surface area contributed by atoms with Crippen LogP contribution in [0, 0.1) is 17.2 Å². The molecule has 124 valence electrons. The number of amides is 1. The van der Waals surface area contributed by atoms with Gasteiger partial charge in [-0.25, -0.2) is 4.79 Å². The molecule has 2 N–H and O–H groups in total. The smallest absolute Gasteiger partial charge is 0.326 e.